The van der Waals surface area contributed by atoms with Crippen molar-refractivity contribution in [3.63, 3.8) is 0 Å². The molecule has 1 aliphatic carbocycles. The Balaban J connectivity index is 1.68. The maximum atomic E-state index is 13.2. The number of carbonyl (C=O) groups is 2. The summed E-state index contributed by atoms with van der Waals surface area (Å²) in [6.45, 7) is 12.5. The van der Waals surface area contributed by atoms with E-state index in [2.05, 4.69) is 21.4 Å². The highest BCUT2D eigenvalue weighted by atomic mass is 32.2. The summed E-state index contributed by atoms with van der Waals surface area (Å²) < 4.78 is 7.63. The molecule has 1 spiro atoms. The zero-order chi connectivity index (χ0) is 22.1. The van der Waals surface area contributed by atoms with Gasteiger partial charge in [0.25, 0.3) is 0 Å². The van der Waals surface area contributed by atoms with Crippen molar-refractivity contribution in [2.24, 2.45) is 5.41 Å². The molecule has 0 radical (unpaired) electrons. The van der Waals surface area contributed by atoms with Gasteiger partial charge in [-0.2, -0.15) is 11.8 Å². The Bertz CT molecular complexity index is 765. The molecule has 1 aromatic rings. The molecular formula is C22H36N4O3S. The lowest BCUT2D eigenvalue weighted by Crippen LogP contribution is -2.45. The molecule has 2 heterocycles. The third-order valence-corrected chi connectivity index (χ3v) is 7.28. The zero-order valence-corrected chi connectivity index (χ0v) is 20.0. The number of piperidine rings is 1. The highest BCUT2D eigenvalue weighted by molar-refractivity contribution is 7.99. The van der Waals surface area contributed by atoms with Crippen molar-refractivity contribution in [3.05, 3.63) is 18.2 Å². The molecule has 2 unspecified atom stereocenters. The summed E-state index contributed by atoms with van der Waals surface area (Å²) in [5.74, 6) is 1.12. The molecule has 2 fully saturated rings. The second-order valence-corrected chi connectivity index (χ2v) is 10.7. The summed E-state index contributed by atoms with van der Waals surface area (Å²) >= 11 is 1.59. The molecule has 1 saturated heterocycles. The Morgan fingerprint density at radius 3 is 2.60 bits per heavy atom. The summed E-state index contributed by atoms with van der Waals surface area (Å²) in [4.78, 5) is 34.0. The number of ether oxygens (including phenoxy) is 1. The number of hydrogen-bond acceptors (Lipinski definition) is 5. The molecule has 0 N–H and O–H groups in total. The van der Waals surface area contributed by atoms with E-state index >= 15 is 0 Å². The van der Waals surface area contributed by atoms with E-state index in [0.717, 1.165) is 31.6 Å². The first-order valence-corrected chi connectivity index (χ1v) is 12.2. The Kier molecular flexibility index (Phi) is 6.75. The second-order valence-electron chi connectivity index (χ2n) is 9.52. The number of aryl methyl sites for hydroxylation is 1. The number of carbonyl (C=O) groups excluding carboxylic acids is 2. The van der Waals surface area contributed by atoms with Gasteiger partial charge in [-0.25, -0.2) is 9.78 Å². The van der Waals surface area contributed by atoms with Crippen LogP contribution in [0.5, 0.6) is 0 Å². The number of thioether (sulfide) groups is 1. The Morgan fingerprint density at radius 1 is 1.37 bits per heavy atom. The van der Waals surface area contributed by atoms with Crippen LogP contribution in [0.2, 0.25) is 0 Å². The molecular weight excluding hydrogens is 400 g/mol. The third kappa shape index (κ3) is 4.95. The molecule has 1 aromatic heterocycles. The molecule has 8 heteroatoms. The first-order chi connectivity index (χ1) is 14.1. The van der Waals surface area contributed by atoms with E-state index in [-0.39, 0.29) is 28.7 Å². The van der Waals surface area contributed by atoms with Gasteiger partial charge in [0, 0.05) is 38.1 Å². The molecule has 2 atom stereocenters. The van der Waals surface area contributed by atoms with Crippen LogP contribution >= 0.6 is 11.8 Å². The van der Waals surface area contributed by atoms with Crippen LogP contribution in [-0.4, -0.2) is 67.6 Å². The maximum Gasteiger partial charge on any atom is 0.410 e. The number of hydrogen-bond donors (Lipinski definition) is 0. The van der Waals surface area contributed by atoms with E-state index in [9.17, 15) is 9.59 Å². The van der Waals surface area contributed by atoms with Crippen LogP contribution in [0.15, 0.2) is 12.4 Å². The SMILES string of the molecule is CCn1ccnc1CN(C(=O)C(C)SC)C1CC12CCN(C(=O)OC(C)(C)C)CC2. The van der Waals surface area contributed by atoms with Crippen molar-refractivity contribution >= 4 is 23.8 Å². The van der Waals surface area contributed by atoms with Gasteiger partial charge in [0.05, 0.1) is 11.8 Å². The monoisotopic (exact) mass is 436 g/mol. The summed E-state index contributed by atoms with van der Waals surface area (Å²) in [5, 5.41) is -0.0745. The summed E-state index contributed by atoms with van der Waals surface area (Å²) in [7, 11) is 0. The molecule has 3 rings (SSSR count). The zero-order valence-electron chi connectivity index (χ0n) is 19.2. The number of aromatic nitrogens is 2. The first-order valence-electron chi connectivity index (χ1n) is 10.9. The van der Waals surface area contributed by atoms with E-state index < -0.39 is 5.60 Å². The summed E-state index contributed by atoms with van der Waals surface area (Å²) in [5.41, 5.74) is -0.358. The van der Waals surface area contributed by atoms with E-state index in [1.807, 2.05) is 51.2 Å². The topological polar surface area (TPSA) is 67.7 Å². The van der Waals surface area contributed by atoms with Crippen LogP contribution in [0.1, 0.15) is 59.7 Å². The average Bonchev–Trinajstić information content (AvgIpc) is 3.18. The van der Waals surface area contributed by atoms with Crippen LogP contribution < -0.4 is 0 Å². The van der Waals surface area contributed by atoms with E-state index in [1.165, 1.54) is 0 Å². The fourth-order valence-electron chi connectivity index (χ4n) is 4.37. The molecule has 7 nitrogen and oxygen atoms in total. The molecule has 0 aromatic carbocycles. The Labute approximate surface area is 184 Å². The van der Waals surface area contributed by atoms with Crippen molar-refractivity contribution in [2.45, 2.75) is 83.9 Å². The second kappa shape index (κ2) is 8.81. The van der Waals surface area contributed by atoms with Gasteiger partial charge in [0.2, 0.25) is 5.91 Å². The largest absolute Gasteiger partial charge is 0.444 e. The average molecular weight is 437 g/mol. The number of amides is 2. The van der Waals surface area contributed by atoms with Crippen molar-refractivity contribution < 1.29 is 14.3 Å². The van der Waals surface area contributed by atoms with Crippen molar-refractivity contribution in [3.8, 4) is 0 Å². The smallest absolute Gasteiger partial charge is 0.410 e. The normalized spacial score (nSPS) is 21.4. The molecule has 30 heavy (non-hydrogen) atoms. The van der Waals surface area contributed by atoms with Gasteiger partial charge in [-0.3, -0.25) is 4.79 Å². The molecule has 0 bridgehead atoms. The predicted octanol–water partition coefficient (Wildman–Crippen LogP) is 3.77. The van der Waals surface area contributed by atoms with Gasteiger partial charge in [-0.1, -0.05) is 0 Å². The highest BCUT2D eigenvalue weighted by Crippen LogP contribution is 2.57. The van der Waals surface area contributed by atoms with Gasteiger partial charge in [-0.15, -0.1) is 0 Å². The Morgan fingerprint density at radius 2 is 2.03 bits per heavy atom. The number of nitrogens with zero attached hydrogens (tertiary/aromatic N) is 4. The minimum Gasteiger partial charge on any atom is -0.444 e. The number of imidazole rings is 1. The van der Waals surface area contributed by atoms with E-state index in [1.54, 1.807) is 11.8 Å². The van der Waals surface area contributed by atoms with Crippen LogP contribution in [-0.2, 0) is 22.6 Å². The van der Waals surface area contributed by atoms with Crippen molar-refractivity contribution in [1.82, 2.24) is 19.4 Å². The molecule has 2 amide bonds. The van der Waals surface area contributed by atoms with E-state index in [4.69, 9.17) is 4.74 Å². The van der Waals surface area contributed by atoms with Crippen LogP contribution in [0.3, 0.4) is 0 Å². The van der Waals surface area contributed by atoms with Gasteiger partial charge in [0.15, 0.2) is 0 Å². The standard InChI is InChI=1S/C22H36N4O3S/c1-7-24-13-10-23-18(24)15-26(19(27)16(2)30-6)17-14-22(17)8-11-25(12-9-22)20(28)29-21(3,4)5/h10,13,16-17H,7-9,11-12,14-15H2,1-6H3. The molecule has 2 aliphatic rings. The molecule has 1 saturated carbocycles. The van der Waals surface area contributed by atoms with Crippen molar-refractivity contribution in [2.75, 3.05) is 19.3 Å². The van der Waals surface area contributed by atoms with Crippen LogP contribution in [0.25, 0.3) is 0 Å². The summed E-state index contributed by atoms with van der Waals surface area (Å²) in [6, 6.07) is 0.224. The van der Waals surface area contributed by atoms with Gasteiger partial charge < -0.3 is 19.1 Å². The number of rotatable bonds is 6. The Hall–Kier alpha value is -1.70. The van der Waals surface area contributed by atoms with Gasteiger partial charge >= 0.3 is 6.09 Å². The fraction of sp³-hybridized carbons (Fsp3) is 0.773. The lowest BCUT2D eigenvalue weighted by atomic mass is 9.92. The lowest BCUT2D eigenvalue weighted by Gasteiger charge is -2.36. The minimum atomic E-state index is -0.479. The first kappa shape index (κ1) is 23.0. The van der Waals surface area contributed by atoms with Gasteiger partial charge in [0.1, 0.15) is 11.4 Å². The molecule has 1 aliphatic heterocycles. The van der Waals surface area contributed by atoms with Crippen molar-refractivity contribution in [1.29, 1.82) is 0 Å². The third-order valence-electron chi connectivity index (χ3n) is 6.37. The summed E-state index contributed by atoms with van der Waals surface area (Å²) in [6.07, 6.45) is 8.36. The molecule has 168 valence electrons. The van der Waals surface area contributed by atoms with Crippen LogP contribution in [0.4, 0.5) is 4.79 Å². The number of likely N-dealkylation sites (tertiary alicyclic amines) is 1. The van der Waals surface area contributed by atoms with Gasteiger partial charge in [-0.05, 0) is 65.6 Å². The minimum absolute atomic E-state index is 0.0745. The fourth-order valence-corrected chi connectivity index (χ4v) is 4.71. The predicted molar refractivity (Wildman–Crippen MR) is 119 cm³/mol. The quantitative estimate of drug-likeness (QED) is 0.679. The van der Waals surface area contributed by atoms with E-state index in [0.29, 0.717) is 19.6 Å². The van der Waals surface area contributed by atoms with Crippen LogP contribution in [0, 0.1) is 5.41 Å². The maximum absolute atomic E-state index is 13.2. The highest BCUT2D eigenvalue weighted by Gasteiger charge is 2.59. The lowest BCUT2D eigenvalue weighted by molar-refractivity contribution is -0.132.